The summed E-state index contributed by atoms with van der Waals surface area (Å²) in [6.07, 6.45) is 6.31. The molecular weight excluding hydrogens is 691 g/mol. The van der Waals surface area contributed by atoms with Crippen molar-refractivity contribution in [1.82, 2.24) is 29.9 Å². The zero-order chi connectivity index (χ0) is 37.2. The van der Waals surface area contributed by atoms with Crippen LogP contribution in [0.1, 0.15) is 76.3 Å². The topological polar surface area (TPSA) is 122 Å². The number of carbonyl (C=O) groups excluding carboxylic acids is 3. The molecule has 3 amide bonds. The van der Waals surface area contributed by atoms with Gasteiger partial charge in [-0.1, -0.05) is 19.9 Å². The van der Waals surface area contributed by atoms with Crippen LogP contribution in [0.4, 0.5) is 4.79 Å². The molecule has 2 saturated heterocycles. The number of likely N-dealkylation sites (tertiary alicyclic amines) is 1. The van der Waals surface area contributed by atoms with E-state index < -0.39 is 17.0 Å². The summed E-state index contributed by atoms with van der Waals surface area (Å²) in [6, 6.07) is 9.84. The van der Waals surface area contributed by atoms with Crippen LogP contribution in [0.25, 0.3) is 33.4 Å². The minimum atomic E-state index is -1.20. The number of methoxy groups -OCH3 is 1. The number of ether oxygens (including phenoxy) is 2. The molecule has 0 radical (unpaired) electrons. The first-order valence-electron chi connectivity index (χ1n) is 18.7. The van der Waals surface area contributed by atoms with Crippen LogP contribution in [0.5, 0.6) is 0 Å². The maximum Gasteiger partial charge on any atom is 0.494 e. The minimum Gasteiger partial charge on any atom is -0.464 e. The second-order valence-corrected chi connectivity index (χ2v) is 16.6. The first-order chi connectivity index (χ1) is 25.4. The summed E-state index contributed by atoms with van der Waals surface area (Å²) in [4.78, 5) is 53.5. The molecule has 7 heterocycles. The van der Waals surface area contributed by atoms with Gasteiger partial charge in [0.2, 0.25) is 0 Å². The molecule has 278 valence electrons. The molecule has 6 bridgehead atoms. The summed E-state index contributed by atoms with van der Waals surface area (Å²) in [5, 5.41) is 5.42. The minimum absolute atomic E-state index is 0.127. The highest BCUT2D eigenvalue weighted by molar-refractivity contribution is 7.10. The number of nitrogens with zero attached hydrogens (tertiary/aromatic N) is 6. The number of hydrogen-bond donors (Lipinski definition) is 1. The molecule has 12 nitrogen and oxygen atoms in total. The monoisotopic (exact) mass is 738 g/mol. The Morgan fingerprint density at radius 1 is 1.19 bits per heavy atom. The van der Waals surface area contributed by atoms with Gasteiger partial charge in [0, 0.05) is 65.6 Å². The Balaban J connectivity index is 1.26. The SMILES string of the molecule is CCn1c(-c2cccnc2[C@H](C)OC)c2c3cc(ccc31)-c1csc(n1)CC1(C=[N+]1C(=O)N1CC[C@H]1C)C(=O)N1CCC[C@H](N1)C(=O)OCC(C)(C)C2. The van der Waals surface area contributed by atoms with Crippen molar-refractivity contribution in [2.75, 3.05) is 26.8 Å². The Hall–Kier alpha value is -4.46. The largest absolute Gasteiger partial charge is 0.494 e. The van der Waals surface area contributed by atoms with Crippen LogP contribution in [-0.4, -0.2) is 97.6 Å². The van der Waals surface area contributed by atoms with E-state index in [-0.39, 0.29) is 43.1 Å². The summed E-state index contributed by atoms with van der Waals surface area (Å²) < 4.78 is 15.8. The number of hydrazine groups is 1. The average Bonchev–Trinajstić information content (AvgIpc) is 3.56. The van der Waals surface area contributed by atoms with E-state index in [2.05, 4.69) is 55.0 Å². The van der Waals surface area contributed by atoms with Gasteiger partial charge in [0.1, 0.15) is 18.3 Å². The number of cyclic esters (lactones) is 1. The third kappa shape index (κ3) is 6.16. The zero-order valence-corrected chi connectivity index (χ0v) is 32.2. The highest BCUT2D eigenvalue weighted by atomic mass is 32.1. The van der Waals surface area contributed by atoms with Crippen molar-refractivity contribution in [3.05, 3.63) is 58.2 Å². The van der Waals surface area contributed by atoms with E-state index in [0.717, 1.165) is 62.6 Å². The van der Waals surface area contributed by atoms with E-state index in [9.17, 15) is 14.4 Å². The Kier molecular flexibility index (Phi) is 9.02. The summed E-state index contributed by atoms with van der Waals surface area (Å²) in [6.45, 7) is 12.4. The van der Waals surface area contributed by atoms with Gasteiger partial charge in [-0.3, -0.25) is 19.6 Å². The molecule has 3 aromatic heterocycles. The molecule has 4 atom stereocenters. The number of rotatable bonds is 4. The van der Waals surface area contributed by atoms with Crippen LogP contribution in [0.2, 0.25) is 0 Å². The van der Waals surface area contributed by atoms with Crippen molar-refractivity contribution < 1.29 is 28.4 Å². The first-order valence-corrected chi connectivity index (χ1v) is 19.6. The maximum absolute atomic E-state index is 14.4. The van der Waals surface area contributed by atoms with E-state index in [1.165, 1.54) is 16.3 Å². The predicted octanol–water partition coefficient (Wildman–Crippen LogP) is 5.77. The van der Waals surface area contributed by atoms with Crippen LogP contribution in [0, 0.1) is 5.41 Å². The van der Waals surface area contributed by atoms with Gasteiger partial charge in [0.15, 0.2) is 0 Å². The summed E-state index contributed by atoms with van der Waals surface area (Å²) >= 11 is 1.49. The quantitative estimate of drug-likeness (QED) is 0.207. The van der Waals surface area contributed by atoms with Crippen LogP contribution >= 0.6 is 11.3 Å². The van der Waals surface area contributed by atoms with Crippen molar-refractivity contribution >= 4 is 46.4 Å². The van der Waals surface area contributed by atoms with Gasteiger partial charge in [0.05, 0.1) is 47.8 Å². The lowest BCUT2D eigenvalue weighted by Crippen LogP contribution is -2.61. The Morgan fingerprint density at radius 2 is 2.02 bits per heavy atom. The lowest BCUT2D eigenvalue weighted by atomic mass is 9.84. The number of urea groups is 1. The predicted molar refractivity (Wildman–Crippen MR) is 203 cm³/mol. The third-order valence-electron chi connectivity index (χ3n) is 11.4. The maximum atomic E-state index is 14.4. The van der Waals surface area contributed by atoms with Gasteiger partial charge in [-0.2, -0.15) is 9.37 Å². The number of hydrogen-bond acceptors (Lipinski definition) is 9. The number of amides is 3. The highest BCUT2D eigenvalue weighted by Gasteiger charge is 2.64. The van der Waals surface area contributed by atoms with E-state index in [1.54, 1.807) is 29.0 Å². The molecule has 2 fully saturated rings. The molecule has 4 aromatic rings. The standard InChI is InChI=1S/C40H48N7O5S/c1-7-44-32-13-12-26-18-28(32)29(35(44)27-10-8-15-41-34(27)25(3)51-6)19-39(4,5)23-52-36(48)30-11-9-16-47(43-30)37(49)40(20-33-42-31(26)21-53-33)22-46(40)38(50)45-17-14-24(45)2/h8,10,12-13,15,18,21-22,24-25,30,43H,7,9,11,14,16-17,19-20,23H2,1-6H3/q+1/t24-,25+,30+,40?/m1/s1. The van der Waals surface area contributed by atoms with Gasteiger partial charge in [-0.05, 0) is 69.9 Å². The van der Waals surface area contributed by atoms with Gasteiger partial charge in [-0.15, -0.1) is 11.3 Å². The molecule has 0 saturated carbocycles. The fourth-order valence-electron chi connectivity index (χ4n) is 8.15. The molecule has 1 spiro atoms. The number of aromatic nitrogens is 3. The van der Waals surface area contributed by atoms with Crippen LogP contribution in [0.3, 0.4) is 0 Å². The zero-order valence-electron chi connectivity index (χ0n) is 31.3. The Labute approximate surface area is 313 Å². The molecule has 1 unspecified atom stereocenters. The van der Waals surface area contributed by atoms with E-state index >= 15 is 0 Å². The number of thiazole rings is 1. The van der Waals surface area contributed by atoms with Crippen molar-refractivity contribution in [3.8, 4) is 22.5 Å². The molecule has 0 aliphatic carbocycles. The second kappa shape index (κ2) is 13.4. The normalized spacial score (nSPS) is 24.8. The lowest BCUT2D eigenvalue weighted by molar-refractivity contribution is -0.408. The van der Waals surface area contributed by atoms with E-state index in [0.29, 0.717) is 32.4 Å². The van der Waals surface area contributed by atoms with Crippen molar-refractivity contribution in [1.29, 1.82) is 0 Å². The summed E-state index contributed by atoms with van der Waals surface area (Å²) in [5.74, 6) is -0.647. The van der Waals surface area contributed by atoms with Gasteiger partial charge in [-0.25, -0.2) is 15.3 Å². The molecule has 4 aliphatic heterocycles. The number of benzene rings is 1. The van der Waals surface area contributed by atoms with Crippen molar-refractivity contribution in [3.63, 3.8) is 0 Å². The van der Waals surface area contributed by atoms with Crippen molar-refractivity contribution in [2.24, 2.45) is 5.41 Å². The molecular formula is C40H48N7O5S+. The molecule has 4 aliphatic rings. The summed E-state index contributed by atoms with van der Waals surface area (Å²) in [7, 11) is 1.70. The second-order valence-electron chi connectivity index (χ2n) is 15.7. The smallest absolute Gasteiger partial charge is 0.464 e. The fraction of sp³-hybridized carbons (Fsp3) is 0.500. The first kappa shape index (κ1) is 35.6. The number of pyridine rings is 1. The number of nitrogens with one attached hydrogen (secondary N) is 1. The fourth-order valence-corrected chi connectivity index (χ4v) is 9.04. The van der Waals surface area contributed by atoms with Gasteiger partial charge < -0.3 is 14.0 Å². The Bertz CT molecular complexity index is 2160. The number of fused-ring (bicyclic) bond motifs is 6. The van der Waals surface area contributed by atoms with Gasteiger partial charge in [0.25, 0.3) is 11.4 Å². The molecule has 1 N–H and O–H groups in total. The number of carbonyl (C=O) groups is 3. The highest BCUT2D eigenvalue weighted by Crippen LogP contribution is 2.42. The van der Waals surface area contributed by atoms with Crippen molar-refractivity contribution in [2.45, 2.75) is 97.0 Å². The Morgan fingerprint density at radius 3 is 2.75 bits per heavy atom. The molecule has 13 heteroatoms. The molecule has 53 heavy (non-hydrogen) atoms. The van der Waals surface area contributed by atoms with Crippen LogP contribution in [-0.2, 0) is 38.4 Å². The third-order valence-corrected chi connectivity index (χ3v) is 12.3. The van der Waals surface area contributed by atoms with Crippen LogP contribution in [0.15, 0.2) is 41.9 Å². The molecule has 8 rings (SSSR count). The summed E-state index contributed by atoms with van der Waals surface area (Å²) in [5.41, 5.74) is 8.52. The number of esters is 1. The number of aryl methyl sites for hydroxylation is 1. The van der Waals surface area contributed by atoms with E-state index in [4.69, 9.17) is 19.4 Å². The van der Waals surface area contributed by atoms with E-state index in [1.807, 2.05) is 25.3 Å². The molecule has 1 aromatic carbocycles. The van der Waals surface area contributed by atoms with Crippen LogP contribution < -0.4 is 5.43 Å². The average molecular weight is 739 g/mol. The van der Waals surface area contributed by atoms with Gasteiger partial charge >= 0.3 is 12.0 Å². The lowest BCUT2D eigenvalue weighted by Gasteiger charge is -2.35.